The standard InChI is InChI=1S/C14H16ClF2NO/c1-8-4-2-3-5-13(8)18-14(19)9-6-11(16)12(17)7-10(9)15/h6-8,13H,2-5H2,1H3,(H,18,19). The summed E-state index contributed by atoms with van der Waals surface area (Å²) in [6.45, 7) is 2.08. The lowest BCUT2D eigenvalue weighted by Crippen LogP contribution is -2.41. The first kappa shape index (κ1) is 14.3. The molecule has 1 fully saturated rings. The summed E-state index contributed by atoms with van der Waals surface area (Å²) in [5, 5.41) is 2.79. The number of carbonyl (C=O) groups is 1. The molecule has 0 spiro atoms. The van der Waals surface area contributed by atoms with Gasteiger partial charge >= 0.3 is 0 Å². The second kappa shape index (κ2) is 5.87. The fourth-order valence-corrected chi connectivity index (χ4v) is 2.71. The van der Waals surface area contributed by atoms with Crippen molar-refractivity contribution in [2.75, 3.05) is 0 Å². The zero-order valence-electron chi connectivity index (χ0n) is 10.7. The van der Waals surface area contributed by atoms with E-state index in [0.717, 1.165) is 31.4 Å². The van der Waals surface area contributed by atoms with Crippen molar-refractivity contribution >= 4 is 17.5 Å². The van der Waals surface area contributed by atoms with Gasteiger partial charge in [0.1, 0.15) is 0 Å². The van der Waals surface area contributed by atoms with Crippen LogP contribution < -0.4 is 5.32 Å². The van der Waals surface area contributed by atoms with Gasteiger partial charge in [-0.25, -0.2) is 8.78 Å². The molecule has 104 valence electrons. The number of benzene rings is 1. The Bertz CT molecular complexity index is 493. The van der Waals surface area contributed by atoms with Crippen molar-refractivity contribution in [3.63, 3.8) is 0 Å². The van der Waals surface area contributed by atoms with Crippen LogP contribution in [0.15, 0.2) is 12.1 Å². The normalized spacial score (nSPS) is 23.2. The fourth-order valence-electron chi connectivity index (χ4n) is 2.47. The van der Waals surface area contributed by atoms with Crippen LogP contribution >= 0.6 is 11.6 Å². The Kier molecular flexibility index (Phi) is 4.40. The maximum atomic E-state index is 13.2. The van der Waals surface area contributed by atoms with Gasteiger partial charge in [0, 0.05) is 6.04 Å². The number of hydrogen-bond acceptors (Lipinski definition) is 1. The van der Waals surface area contributed by atoms with Crippen LogP contribution in [0.3, 0.4) is 0 Å². The van der Waals surface area contributed by atoms with E-state index in [1.807, 2.05) is 0 Å². The molecule has 1 aliphatic carbocycles. The predicted octanol–water partition coefficient (Wildman–Crippen LogP) is 3.93. The molecule has 0 heterocycles. The highest BCUT2D eigenvalue weighted by Gasteiger charge is 2.24. The number of rotatable bonds is 2. The summed E-state index contributed by atoms with van der Waals surface area (Å²) < 4.78 is 26.1. The minimum absolute atomic E-state index is 0.0154. The Morgan fingerprint density at radius 2 is 1.89 bits per heavy atom. The molecule has 0 aromatic heterocycles. The highest BCUT2D eigenvalue weighted by Crippen LogP contribution is 2.25. The van der Waals surface area contributed by atoms with Crippen molar-refractivity contribution in [1.29, 1.82) is 0 Å². The number of hydrogen-bond donors (Lipinski definition) is 1. The quantitative estimate of drug-likeness (QED) is 0.821. The van der Waals surface area contributed by atoms with Crippen molar-refractivity contribution in [2.24, 2.45) is 5.92 Å². The van der Waals surface area contributed by atoms with Crippen LogP contribution in [0, 0.1) is 17.6 Å². The first-order valence-electron chi connectivity index (χ1n) is 6.44. The summed E-state index contributed by atoms with van der Waals surface area (Å²) >= 11 is 5.78. The van der Waals surface area contributed by atoms with E-state index in [4.69, 9.17) is 11.6 Å². The number of nitrogens with one attached hydrogen (secondary N) is 1. The third-order valence-corrected chi connectivity index (χ3v) is 4.00. The number of amides is 1. The van der Waals surface area contributed by atoms with Gasteiger partial charge in [-0.15, -0.1) is 0 Å². The summed E-state index contributed by atoms with van der Waals surface area (Å²) in [5.74, 6) is -2.16. The third-order valence-electron chi connectivity index (χ3n) is 3.68. The Labute approximate surface area is 116 Å². The van der Waals surface area contributed by atoms with Gasteiger partial charge in [0.15, 0.2) is 11.6 Å². The van der Waals surface area contributed by atoms with Crippen LogP contribution in [0.1, 0.15) is 43.0 Å². The van der Waals surface area contributed by atoms with Crippen molar-refractivity contribution < 1.29 is 13.6 Å². The Morgan fingerprint density at radius 1 is 1.26 bits per heavy atom. The van der Waals surface area contributed by atoms with E-state index in [9.17, 15) is 13.6 Å². The topological polar surface area (TPSA) is 29.1 Å². The molecule has 0 radical (unpaired) electrons. The van der Waals surface area contributed by atoms with Gasteiger partial charge in [-0.2, -0.15) is 0 Å². The molecule has 5 heteroatoms. The Morgan fingerprint density at radius 3 is 2.58 bits per heavy atom. The molecule has 0 bridgehead atoms. The lowest BCUT2D eigenvalue weighted by molar-refractivity contribution is 0.0910. The van der Waals surface area contributed by atoms with Crippen molar-refractivity contribution in [1.82, 2.24) is 5.32 Å². The highest BCUT2D eigenvalue weighted by atomic mass is 35.5. The smallest absolute Gasteiger partial charge is 0.253 e. The molecule has 2 nitrogen and oxygen atoms in total. The maximum absolute atomic E-state index is 13.2. The van der Waals surface area contributed by atoms with E-state index in [1.54, 1.807) is 0 Å². The molecule has 0 saturated heterocycles. The molecule has 0 aliphatic heterocycles. The second-order valence-electron chi connectivity index (χ2n) is 5.09. The molecule has 2 rings (SSSR count). The predicted molar refractivity (Wildman–Crippen MR) is 70.3 cm³/mol. The lowest BCUT2D eigenvalue weighted by atomic mass is 9.86. The van der Waals surface area contributed by atoms with Crippen LogP contribution in [-0.2, 0) is 0 Å². The van der Waals surface area contributed by atoms with E-state index in [1.165, 1.54) is 6.42 Å². The molecular weight excluding hydrogens is 272 g/mol. The molecule has 1 aromatic rings. The SMILES string of the molecule is CC1CCCCC1NC(=O)c1cc(F)c(F)cc1Cl. The van der Waals surface area contributed by atoms with Gasteiger partial charge in [-0.1, -0.05) is 31.4 Å². The molecule has 1 saturated carbocycles. The lowest BCUT2D eigenvalue weighted by Gasteiger charge is -2.29. The maximum Gasteiger partial charge on any atom is 0.253 e. The minimum Gasteiger partial charge on any atom is -0.349 e. The van der Waals surface area contributed by atoms with E-state index < -0.39 is 17.5 Å². The Hall–Kier alpha value is -1.16. The molecule has 1 aromatic carbocycles. The van der Waals surface area contributed by atoms with Crippen molar-refractivity contribution in [2.45, 2.75) is 38.6 Å². The average molecular weight is 288 g/mol. The summed E-state index contributed by atoms with van der Waals surface area (Å²) in [6.07, 6.45) is 4.21. The van der Waals surface area contributed by atoms with Crippen LogP contribution in [0.25, 0.3) is 0 Å². The Balaban J connectivity index is 2.13. The zero-order valence-corrected chi connectivity index (χ0v) is 11.4. The van der Waals surface area contributed by atoms with E-state index in [-0.39, 0.29) is 16.6 Å². The van der Waals surface area contributed by atoms with Crippen LogP contribution in [0.4, 0.5) is 8.78 Å². The highest BCUT2D eigenvalue weighted by molar-refractivity contribution is 6.33. The number of halogens is 3. The van der Waals surface area contributed by atoms with Crippen LogP contribution in [0.5, 0.6) is 0 Å². The van der Waals surface area contributed by atoms with Crippen LogP contribution in [0.2, 0.25) is 5.02 Å². The van der Waals surface area contributed by atoms with Gasteiger partial charge in [0.25, 0.3) is 5.91 Å². The monoisotopic (exact) mass is 287 g/mol. The largest absolute Gasteiger partial charge is 0.349 e. The summed E-state index contributed by atoms with van der Waals surface area (Å²) in [5.41, 5.74) is -0.0154. The van der Waals surface area contributed by atoms with E-state index in [0.29, 0.717) is 5.92 Å². The molecular formula is C14H16ClF2NO. The number of carbonyl (C=O) groups excluding carboxylic acids is 1. The first-order valence-corrected chi connectivity index (χ1v) is 6.82. The molecule has 1 amide bonds. The third kappa shape index (κ3) is 3.24. The summed E-state index contributed by atoms with van der Waals surface area (Å²) in [7, 11) is 0. The average Bonchev–Trinajstić information content (AvgIpc) is 2.36. The second-order valence-corrected chi connectivity index (χ2v) is 5.50. The molecule has 1 N–H and O–H groups in total. The van der Waals surface area contributed by atoms with Gasteiger partial charge < -0.3 is 5.32 Å². The summed E-state index contributed by atoms with van der Waals surface area (Å²) in [6, 6.07) is 1.75. The van der Waals surface area contributed by atoms with Gasteiger partial charge in [-0.05, 0) is 30.9 Å². The molecule has 1 aliphatic rings. The molecule has 19 heavy (non-hydrogen) atoms. The van der Waals surface area contributed by atoms with E-state index >= 15 is 0 Å². The van der Waals surface area contributed by atoms with Crippen LogP contribution in [-0.4, -0.2) is 11.9 Å². The summed E-state index contributed by atoms with van der Waals surface area (Å²) in [4.78, 5) is 12.1. The van der Waals surface area contributed by atoms with Gasteiger partial charge in [-0.3, -0.25) is 4.79 Å². The zero-order chi connectivity index (χ0) is 14.0. The fraction of sp³-hybridized carbons (Fsp3) is 0.500. The molecule has 2 unspecified atom stereocenters. The first-order chi connectivity index (χ1) is 8.99. The van der Waals surface area contributed by atoms with Gasteiger partial charge in [0.2, 0.25) is 0 Å². The van der Waals surface area contributed by atoms with Crippen molar-refractivity contribution in [3.05, 3.63) is 34.4 Å². The minimum atomic E-state index is -1.06. The molecule has 2 atom stereocenters. The van der Waals surface area contributed by atoms with Gasteiger partial charge in [0.05, 0.1) is 10.6 Å². The van der Waals surface area contributed by atoms with Crippen molar-refractivity contribution in [3.8, 4) is 0 Å². The van der Waals surface area contributed by atoms with E-state index in [2.05, 4.69) is 12.2 Å².